The number of amides is 1. The molecule has 0 bridgehead atoms. The highest BCUT2D eigenvalue weighted by Crippen LogP contribution is 2.28. The molecule has 0 spiro atoms. The van der Waals surface area contributed by atoms with Gasteiger partial charge in [-0.1, -0.05) is 5.16 Å². The van der Waals surface area contributed by atoms with E-state index in [1.165, 1.54) is 12.1 Å². The molecule has 8 heteroatoms. The Morgan fingerprint density at radius 1 is 1.46 bits per heavy atom. The lowest BCUT2D eigenvalue weighted by Gasteiger charge is -2.32. The van der Waals surface area contributed by atoms with Gasteiger partial charge in [0.1, 0.15) is 5.82 Å². The summed E-state index contributed by atoms with van der Waals surface area (Å²) >= 11 is 1.69. The SMILES string of the molecule is CSCC[C@H](N)C(=O)N1CCCC(c2nc(-c3ccc(F)cc3)no2)C1. The molecule has 2 atom stereocenters. The second-order valence-corrected chi connectivity index (χ2v) is 7.46. The van der Waals surface area contributed by atoms with E-state index in [1.807, 2.05) is 6.26 Å². The summed E-state index contributed by atoms with van der Waals surface area (Å²) in [6.07, 6.45) is 4.44. The van der Waals surface area contributed by atoms with Crippen molar-refractivity contribution in [1.29, 1.82) is 0 Å². The summed E-state index contributed by atoms with van der Waals surface area (Å²) in [7, 11) is 0. The zero-order valence-electron chi connectivity index (χ0n) is 14.7. The number of nitrogens with zero attached hydrogens (tertiary/aromatic N) is 3. The van der Waals surface area contributed by atoms with Gasteiger partial charge in [-0.15, -0.1) is 0 Å². The van der Waals surface area contributed by atoms with Crippen molar-refractivity contribution in [2.24, 2.45) is 5.73 Å². The number of rotatable bonds is 6. The van der Waals surface area contributed by atoms with Gasteiger partial charge in [-0.3, -0.25) is 4.79 Å². The molecule has 1 aliphatic rings. The molecule has 1 aliphatic heterocycles. The van der Waals surface area contributed by atoms with Crippen LogP contribution in [0.15, 0.2) is 28.8 Å². The van der Waals surface area contributed by atoms with E-state index in [1.54, 1.807) is 28.8 Å². The van der Waals surface area contributed by atoms with Crippen LogP contribution in [0.3, 0.4) is 0 Å². The minimum Gasteiger partial charge on any atom is -0.341 e. The third-order valence-electron chi connectivity index (χ3n) is 4.58. The molecule has 1 saturated heterocycles. The highest BCUT2D eigenvalue weighted by molar-refractivity contribution is 7.98. The van der Waals surface area contributed by atoms with Gasteiger partial charge < -0.3 is 15.2 Å². The van der Waals surface area contributed by atoms with Crippen molar-refractivity contribution in [3.05, 3.63) is 36.0 Å². The molecule has 1 unspecified atom stereocenters. The number of likely N-dealkylation sites (tertiary alicyclic amines) is 1. The highest BCUT2D eigenvalue weighted by atomic mass is 32.2. The number of benzene rings is 1. The predicted molar refractivity (Wildman–Crippen MR) is 99.2 cm³/mol. The number of carbonyl (C=O) groups is 1. The lowest BCUT2D eigenvalue weighted by atomic mass is 9.97. The first kappa shape index (κ1) is 18.8. The average molecular weight is 378 g/mol. The first-order valence-electron chi connectivity index (χ1n) is 8.71. The Morgan fingerprint density at radius 3 is 2.96 bits per heavy atom. The van der Waals surface area contributed by atoms with Gasteiger partial charge in [0.05, 0.1) is 12.0 Å². The van der Waals surface area contributed by atoms with Crippen molar-refractivity contribution < 1.29 is 13.7 Å². The fourth-order valence-corrected chi connectivity index (χ4v) is 3.59. The summed E-state index contributed by atoms with van der Waals surface area (Å²) < 4.78 is 18.5. The topological polar surface area (TPSA) is 85.3 Å². The van der Waals surface area contributed by atoms with Gasteiger partial charge in [-0.25, -0.2) is 4.39 Å². The van der Waals surface area contributed by atoms with Gasteiger partial charge in [-0.2, -0.15) is 16.7 Å². The molecule has 1 fully saturated rings. The van der Waals surface area contributed by atoms with Crippen molar-refractivity contribution in [1.82, 2.24) is 15.0 Å². The number of nitrogens with two attached hydrogens (primary N) is 1. The normalized spacial score (nSPS) is 18.7. The van der Waals surface area contributed by atoms with Crippen LogP contribution < -0.4 is 5.73 Å². The van der Waals surface area contributed by atoms with Crippen molar-refractivity contribution in [3.8, 4) is 11.4 Å². The van der Waals surface area contributed by atoms with E-state index in [0.717, 1.165) is 18.6 Å². The van der Waals surface area contributed by atoms with Crippen LogP contribution in [0.2, 0.25) is 0 Å². The van der Waals surface area contributed by atoms with Crippen LogP contribution in [0.1, 0.15) is 31.1 Å². The van der Waals surface area contributed by atoms with Crippen molar-refractivity contribution >= 4 is 17.7 Å². The van der Waals surface area contributed by atoms with E-state index in [4.69, 9.17) is 10.3 Å². The fraction of sp³-hybridized carbons (Fsp3) is 0.500. The van der Waals surface area contributed by atoms with Crippen molar-refractivity contribution in [2.45, 2.75) is 31.2 Å². The molecule has 0 aliphatic carbocycles. The zero-order valence-corrected chi connectivity index (χ0v) is 15.5. The molecule has 0 radical (unpaired) electrons. The predicted octanol–water partition coefficient (Wildman–Crippen LogP) is 2.66. The summed E-state index contributed by atoms with van der Waals surface area (Å²) in [6.45, 7) is 1.25. The largest absolute Gasteiger partial charge is 0.341 e. The monoisotopic (exact) mass is 378 g/mol. The molecule has 6 nitrogen and oxygen atoms in total. The molecule has 2 heterocycles. The smallest absolute Gasteiger partial charge is 0.239 e. The second kappa shape index (κ2) is 8.64. The van der Waals surface area contributed by atoms with Crippen LogP contribution in [0, 0.1) is 5.82 Å². The van der Waals surface area contributed by atoms with Crippen molar-refractivity contribution in [3.63, 3.8) is 0 Å². The van der Waals surface area contributed by atoms with Gasteiger partial charge in [0.15, 0.2) is 0 Å². The van der Waals surface area contributed by atoms with E-state index in [-0.39, 0.29) is 17.6 Å². The van der Waals surface area contributed by atoms with E-state index >= 15 is 0 Å². The van der Waals surface area contributed by atoms with Crippen molar-refractivity contribution in [2.75, 3.05) is 25.1 Å². The van der Waals surface area contributed by atoms with Crippen LogP contribution in [-0.4, -0.2) is 52.1 Å². The first-order chi connectivity index (χ1) is 12.6. The number of carbonyl (C=O) groups excluding carboxylic acids is 1. The molecule has 26 heavy (non-hydrogen) atoms. The maximum Gasteiger partial charge on any atom is 0.239 e. The van der Waals surface area contributed by atoms with Crippen LogP contribution in [0.25, 0.3) is 11.4 Å². The van der Waals surface area contributed by atoms with E-state index in [2.05, 4.69) is 10.1 Å². The third kappa shape index (κ3) is 4.42. The van der Waals surface area contributed by atoms with Crippen LogP contribution >= 0.6 is 11.8 Å². The molecular formula is C18H23FN4O2S. The molecular weight excluding hydrogens is 355 g/mol. The molecule has 3 rings (SSSR count). The molecule has 1 aromatic carbocycles. The molecule has 0 saturated carbocycles. The zero-order chi connectivity index (χ0) is 18.5. The maximum absolute atomic E-state index is 13.0. The second-order valence-electron chi connectivity index (χ2n) is 6.47. The van der Waals surface area contributed by atoms with Gasteiger partial charge >= 0.3 is 0 Å². The Balaban J connectivity index is 1.66. The van der Waals surface area contributed by atoms with Gasteiger partial charge in [0.2, 0.25) is 17.6 Å². The standard InChI is InChI=1S/C18H23FN4O2S/c1-26-10-8-15(20)18(24)23-9-2-3-13(11-23)17-21-16(22-25-17)12-4-6-14(19)7-5-12/h4-7,13,15H,2-3,8-11,20H2,1H3/t13?,15-/m0/s1. The Labute approximate surface area is 156 Å². The van der Waals surface area contributed by atoms with Crippen LogP contribution in [0.5, 0.6) is 0 Å². The minimum absolute atomic E-state index is 0.00199. The molecule has 1 aromatic heterocycles. The molecule has 140 valence electrons. The number of piperidine rings is 1. The lowest BCUT2D eigenvalue weighted by molar-refractivity contribution is -0.133. The summed E-state index contributed by atoms with van der Waals surface area (Å²) in [5, 5.41) is 4.00. The Bertz CT molecular complexity index is 737. The van der Waals surface area contributed by atoms with Gasteiger partial charge in [-0.05, 0) is 55.5 Å². The van der Waals surface area contributed by atoms with Crippen LogP contribution in [-0.2, 0) is 4.79 Å². The number of halogens is 1. The van der Waals surface area contributed by atoms with E-state index in [9.17, 15) is 9.18 Å². The maximum atomic E-state index is 13.0. The van der Waals surface area contributed by atoms with E-state index < -0.39 is 6.04 Å². The van der Waals surface area contributed by atoms with E-state index in [0.29, 0.717) is 36.8 Å². The van der Waals surface area contributed by atoms with Gasteiger partial charge in [0, 0.05) is 18.7 Å². The molecule has 2 aromatic rings. The number of hydrogen-bond donors (Lipinski definition) is 1. The Hall–Kier alpha value is -1.93. The highest BCUT2D eigenvalue weighted by Gasteiger charge is 2.30. The first-order valence-corrected chi connectivity index (χ1v) is 10.1. The summed E-state index contributed by atoms with van der Waals surface area (Å²) in [5.74, 6) is 1.50. The van der Waals surface area contributed by atoms with Gasteiger partial charge in [0.25, 0.3) is 0 Å². The lowest BCUT2D eigenvalue weighted by Crippen LogP contribution is -2.47. The number of thioether (sulfide) groups is 1. The molecule has 2 N–H and O–H groups in total. The summed E-state index contributed by atoms with van der Waals surface area (Å²) in [6, 6.07) is 5.50. The quantitative estimate of drug-likeness (QED) is 0.832. The van der Waals surface area contributed by atoms with Crippen LogP contribution in [0.4, 0.5) is 4.39 Å². The summed E-state index contributed by atoms with van der Waals surface area (Å²) in [5.41, 5.74) is 6.72. The number of hydrogen-bond acceptors (Lipinski definition) is 6. The Kier molecular flexibility index (Phi) is 6.26. The Morgan fingerprint density at radius 2 is 2.23 bits per heavy atom. The minimum atomic E-state index is -0.460. The fourth-order valence-electron chi connectivity index (χ4n) is 3.10. The average Bonchev–Trinajstić information content (AvgIpc) is 3.16. The summed E-state index contributed by atoms with van der Waals surface area (Å²) in [4.78, 5) is 18.8. The third-order valence-corrected chi connectivity index (χ3v) is 5.22. The molecule has 1 amide bonds. The number of aromatic nitrogens is 2.